The number of rotatable bonds is 4. The van der Waals surface area contributed by atoms with Crippen molar-refractivity contribution in [3.8, 4) is 0 Å². The maximum absolute atomic E-state index is 11.7. The van der Waals surface area contributed by atoms with Crippen molar-refractivity contribution in [3.05, 3.63) is 41.6 Å². The molecular formula is C14H18N2O. The molecule has 1 aromatic rings. The largest absolute Gasteiger partial charge is 0.305 e. The lowest BCUT2D eigenvalue weighted by Crippen LogP contribution is -2.26. The summed E-state index contributed by atoms with van der Waals surface area (Å²) in [7, 11) is 0. The lowest BCUT2D eigenvalue weighted by atomic mass is 9.93. The van der Waals surface area contributed by atoms with E-state index in [1.165, 1.54) is 0 Å². The molecule has 0 spiro atoms. The first kappa shape index (κ1) is 11.7. The van der Waals surface area contributed by atoms with Crippen LogP contribution in [0.25, 0.3) is 0 Å². The molecule has 0 saturated heterocycles. The third-order valence-electron chi connectivity index (χ3n) is 3.02. The van der Waals surface area contributed by atoms with E-state index in [9.17, 15) is 4.79 Å². The zero-order chi connectivity index (χ0) is 12.1. The maximum Gasteiger partial charge on any atom is 0.160 e. The van der Waals surface area contributed by atoms with Crippen molar-refractivity contribution in [2.45, 2.75) is 32.6 Å². The van der Waals surface area contributed by atoms with Crippen LogP contribution in [-0.4, -0.2) is 5.78 Å². The first-order chi connectivity index (χ1) is 8.31. The van der Waals surface area contributed by atoms with Crippen LogP contribution in [0.15, 0.2) is 41.6 Å². The zero-order valence-electron chi connectivity index (χ0n) is 10.1. The summed E-state index contributed by atoms with van der Waals surface area (Å²) in [4.78, 5) is 11.7. The van der Waals surface area contributed by atoms with E-state index in [-0.39, 0.29) is 5.78 Å². The number of hydrogen-bond donors (Lipinski definition) is 2. The zero-order valence-corrected chi connectivity index (χ0v) is 10.1. The Morgan fingerprint density at radius 1 is 1.12 bits per heavy atom. The van der Waals surface area contributed by atoms with Crippen LogP contribution in [0.1, 0.15) is 32.6 Å². The minimum atomic E-state index is 0.288. The van der Waals surface area contributed by atoms with Crippen LogP contribution in [0, 0.1) is 0 Å². The molecule has 1 aromatic carbocycles. The summed E-state index contributed by atoms with van der Waals surface area (Å²) in [5.74, 6) is 0.288. The van der Waals surface area contributed by atoms with Gasteiger partial charge in [-0.1, -0.05) is 25.1 Å². The van der Waals surface area contributed by atoms with Crippen molar-refractivity contribution in [1.29, 1.82) is 0 Å². The van der Waals surface area contributed by atoms with Gasteiger partial charge in [0.15, 0.2) is 5.78 Å². The fourth-order valence-electron chi connectivity index (χ4n) is 2.11. The summed E-state index contributed by atoms with van der Waals surface area (Å²) in [5, 5.41) is 0. The monoisotopic (exact) mass is 230 g/mol. The number of carbonyl (C=O) groups is 1. The van der Waals surface area contributed by atoms with Gasteiger partial charge in [-0.3, -0.25) is 4.79 Å². The molecule has 3 nitrogen and oxygen atoms in total. The minimum absolute atomic E-state index is 0.288. The van der Waals surface area contributed by atoms with Crippen molar-refractivity contribution < 1.29 is 4.79 Å². The highest BCUT2D eigenvalue weighted by Gasteiger charge is 2.18. The van der Waals surface area contributed by atoms with Crippen LogP contribution in [-0.2, 0) is 4.79 Å². The molecular weight excluding hydrogens is 212 g/mol. The van der Waals surface area contributed by atoms with E-state index in [2.05, 4.69) is 10.9 Å². The number of benzene rings is 1. The quantitative estimate of drug-likeness (QED) is 0.781. The average Bonchev–Trinajstić information content (AvgIpc) is 2.37. The highest BCUT2D eigenvalue weighted by molar-refractivity contribution is 5.96. The minimum Gasteiger partial charge on any atom is -0.305 e. The molecule has 1 aliphatic carbocycles. The second-order valence-electron chi connectivity index (χ2n) is 4.20. The Bertz CT molecular complexity index is 423. The molecule has 0 aliphatic heterocycles. The molecule has 0 bridgehead atoms. The molecule has 1 aliphatic rings. The van der Waals surface area contributed by atoms with Gasteiger partial charge in [0, 0.05) is 17.7 Å². The van der Waals surface area contributed by atoms with Crippen molar-refractivity contribution in [3.63, 3.8) is 0 Å². The van der Waals surface area contributed by atoms with E-state index in [0.29, 0.717) is 6.42 Å². The summed E-state index contributed by atoms with van der Waals surface area (Å²) in [6.45, 7) is 2.03. The van der Waals surface area contributed by atoms with E-state index in [0.717, 1.165) is 36.2 Å². The smallest absolute Gasteiger partial charge is 0.160 e. The number of allylic oxidation sites excluding steroid dienone is 2. The van der Waals surface area contributed by atoms with Gasteiger partial charge in [0.25, 0.3) is 0 Å². The Labute approximate surface area is 102 Å². The first-order valence-electron chi connectivity index (χ1n) is 6.13. The van der Waals surface area contributed by atoms with Crippen molar-refractivity contribution in [2.75, 3.05) is 5.43 Å². The topological polar surface area (TPSA) is 41.1 Å². The van der Waals surface area contributed by atoms with E-state index >= 15 is 0 Å². The van der Waals surface area contributed by atoms with Crippen molar-refractivity contribution >= 4 is 11.5 Å². The predicted octanol–water partition coefficient (Wildman–Crippen LogP) is 3.02. The van der Waals surface area contributed by atoms with Gasteiger partial charge in [-0.25, -0.2) is 0 Å². The number of hydrogen-bond acceptors (Lipinski definition) is 3. The van der Waals surface area contributed by atoms with E-state index in [4.69, 9.17) is 0 Å². The lowest BCUT2D eigenvalue weighted by Gasteiger charge is -2.20. The molecule has 3 heteroatoms. The second-order valence-corrected chi connectivity index (χ2v) is 4.20. The number of ketones is 1. The number of Topliss-reactive ketones (excluding diaryl/α,β-unsaturated/α-hetero) is 1. The highest BCUT2D eigenvalue weighted by atomic mass is 16.1. The summed E-state index contributed by atoms with van der Waals surface area (Å²) >= 11 is 0. The van der Waals surface area contributed by atoms with Crippen LogP contribution >= 0.6 is 0 Å². The predicted molar refractivity (Wildman–Crippen MR) is 69.4 cm³/mol. The highest BCUT2D eigenvalue weighted by Crippen LogP contribution is 2.22. The second kappa shape index (κ2) is 5.53. The Morgan fingerprint density at radius 2 is 1.88 bits per heavy atom. The Kier molecular flexibility index (Phi) is 3.81. The number of nitrogens with one attached hydrogen (secondary N) is 2. The molecule has 2 rings (SSSR count). The molecule has 90 valence electrons. The van der Waals surface area contributed by atoms with Crippen LogP contribution in [0.5, 0.6) is 0 Å². The molecule has 0 unspecified atom stereocenters. The van der Waals surface area contributed by atoms with Gasteiger partial charge >= 0.3 is 0 Å². The fourth-order valence-corrected chi connectivity index (χ4v) is 2.11. The van der Waals surface area contributed by atoms with Gasteiger partial charge in [-0.2, -0.15) is 0 Å². The summed E-state index contributed by atoms with van der Waals surface area (Å²) < 4.78 is 0. The Balaban J connectivity index is 2.05. The van der Waals surface area contributed by atoms with Crippen molar-refractivity contribution in [2.24, 2.45) is 0 Å². The third-order valence-corrected chi connectivity index (χ3v) is 3.02. The van der Waals surface area contributed by atoms with Crippen LogP contribution < -0.4 is 10.9 Å². The molecule has 0 saturated carbocycles. The van der Waals surface area contributed by atoms with E-state index in [1.54, 1.807) is 0 Å². The standard InChI is InChI=1S/C14H18N2O/c1-2-12-13(9-6-10-14(12)17)16-15-11-7-4-3-5-8-11/h3-5,7-8,15-16H,2,6,9-10H2,1H3. The molecule has 0 atom stereocenters. The molecule has 0 amide bonds. The maximum atomic E-state index is 11.7. The first-order valence-corrected chi connectivity index (χ1v) is 6.13. The van der Waals surface area contributed by atoms with Gasteiger partial charge in [0.1, 0.15) is 0 Å². The van der Waals surface area contributed by atoms with Crippen LogP contribution in [0.3, 0.4) is 0 Å². The third kappa shape index (κ3) is 2.87. The fraction of sp³-hybridized carbons (Fsp3) is 0.357. The van der Waals surface area contributed by atoms with E-state index < -0.39 is 0 Å². The van der Waals surface area contributed by atoms with Gasteiger partial charge in [0.05, 0.1) is 5.69 Å². The summed E-state index contributed by atoms with van der Waals surface area (Å²) in [5.41, 5.74) is 9.32. The lowest BCUT2D eigenvalue weighted by molar-refractivity contribution is -0.116. The Hall–Kier alpha value is -1.77. The van der Waals surface area contributed by atoms with Gasteiger partial charge < -0.3 is 10.9 Å². The average molecular weight is 230 g/mol. The normalized spacial score (nSPS) is 15.9. The summed E-state index contributed by atoms with van der Waals surface area (Å²) in [6.07, 6.45) is 3.40. The van der Waals surface area contributed by atoms with Gasteiger partial charge in [-0.05, 0) is 31.4 Å². The number of hydrazine groups is 1. The number of anilines is 1. The van der Waals surface area contributed by atoms with Crippen molar-refractivity contribution in [1.82, 2.24) is 5.43 Å². The molecule has 0 aromatic heterocycles. The number of carbonyl (C=O) groups excluding carboxylic acids is 1. The Morgan fingerprint density at radius 3 is 2.59 bits per heavy atom. The van der Waals surface area contributed by atoms with Crippen LogP contribution in [0.2, 0.25) is 0 Å². The SMILES string of the molecule is CCC1=C(NNc2ccccc2)CCCC1=O. The summed E-state index contributed by atoms with van der Waals surface area (Å²) in [6, 6.07) is 9.91. The van der Waals surface area contributed by atoms with Gasteiger partial charge in [0.2, 0.25) is 0 Å². The molecule has 17 heavy (non-hydrogen) atoms. The molecule has 0 radical (unpaired) electrons. The molecule has 2 N–H and O–H groups in total. The molecule has 0 fully saturated rings. The van der Waals surface area contributed by atoms with Gasteiger partial charge in [-0.15, -0.1) is 0 Å². The number of para-hydroxylation sites is 1. The van der Waals surface area contributed by atoms with Crippen LogP contribution in [0.4, 0.5) is 5.69 Å². The molecule has 0 heterocycles. The van der Waals surface area contributed by atoms with E-state index in [1.807, 2.05) is 37.3 Å².